The summed E-state index contributed by atoms with van der Waals surface area (Å²) in [6, 6.07) is 15.3. The van der Waals surface area contributed by atoms with Crippen molar-refractivity contribution < 1.29 is 29.0 Å². The Labute approximate surface area is 219 Å². The summed E-state index contributed by atoms with van der Waals surface area (Å²) < 4.78 is 6.37. The summed E-state index contributed by atoms with van der Waals surface area (Å²) >= 11 is 9.57. The number of aromatic carboxylic acids is 1. The van der Waals surface area contributed by atoms with Crippen LogP contribution in [0.1, 0.15) is 27.0 Å². The summed E-state index contributed by atoms with van der Waals surface area (Å²) in [5, 5.41) is 11.6. The number of hydrogen-bond acceptors (Lipinski definition) is 5. The van der Waals surface area contributed by atoms with Crippen LogP contribution in [0, 0.1) is 6.92 Å². The Morgan fingerprint density at radius 3 is 2.50 bits per heavy atom. The highest BCUT2D eigenvalue weighted by atomic mass is 79.9. The molecule has 4 rings (SSSR count). The van der Waals surface area contributed by atoms with E-state index in [9.17, 15) is 19.2 Å². The van der Waals surface area contributed by atoms with E-state index in [1.54, 1.807) is 55.5 Å². The van der Waals surface area contributed by atoms with E-state index in [2.05, 4.69) is 21.2 Å². The van der Waals surface area contributed by atoms with Crippen molar-refractivity contribution in [3.05, 3.63) is 98.0 Å². The van der Waals surface area contributed by atoms with Crippen LogP contribution in [0.2, 0.25) is 5.02 Å². The van der Waals surface area contributed by atoms with Crippen LogP contribution in [0.15, 0.2) is 70.7 Å². The molecule has 4 amide bonds. The predicted octanol–water partition coefficient (Wildman–Crippen LogP) is 5.35. The van der Waals surface area contributed by atoms with Crippen LogP contribution < -0.4 is 15.0 Å². The van der Waals surface area contributed by atoms with E-state index in [-0.39, 0.29) is 23.4 Å². The number of imide groups is 2. The second-order valence-electron chi connectivity index (χ2n) is 7.82. The first-order valence-corrected chi connectivity index (χ1v) is 11.7. The molecule has 1 heterocycles. The molecule has 10 heteroatoms. The van der Waals surface area contributed by atoms with Gasteiger partial charge in [0.2, 0.25) is 0 Å². The zero-order chi connectivity index (χ0) is 26.0. The van der Waals surface area contributed by atoms with Crippen LogP contribution in [-0.2, 0) is 16.2 Å². The average Bonchev–Trinajstić information content (AvgIpc) is 2.84. The minimum absolute atomic E-state index is 0.185. The lowest BCUT2D eigenvalue weighted by molar-refractivity contribution is -0.122. The van der Waals surface area contributed by atoms with E-state index in [0.717, 1.165) is 10.5 Å². The van der Waals surface area contributed by atoms with Gasteiger partial charge in [-0.15, -0.1) is 0 Å². The fourth-order valence-electron chi connectivity index (χ4n) is 3.51. The van der Waals surface area contributed by atoms with Gasteiger partial charge in [0.25, 0.3) is 11.8 Å². The van der Waals surface area contributed by atoms with Gasteiger partial charge in [0.05, 0.1) is 15.7 Å². The van der Waals surface area contributed by atoms with Crippen molar-refractivity contribution in [3.8, 4) is 5.75 Å². The standard InChI is InChI=1S/C26H18BrClN2O6/c1-14-20(28)3-2-4-21(14)30-24(32)18(23(31)29-26(30)35)11-16-7-10-22(19(27)12-16)36-13-15-5-8-17(9-6-15)25(33)34/h2-12H,13H2,1H3,(H,33,34)(H,29,31,35)/b18-11+. The number of carbonyl (C=O) groups excluding carboxylic acids is 3. The normalized spacial score (nSPS) is 14.7. The van der Waals surface area contributed by atoms with Gasteiger partial charge in [-0.3, -0.25) is 14.9 Å². The maximum atomic E-state index is 13.2. The molecule has 1 fully saturated rings. The zero-order valence-electron chi connectivity index (χ0n) is 18.7. The number of carboxylic acid groups (broad SMARTS) is 1. The summed E-state index contributed by atoms with van der Waals surface area (Å²) in [5.74, 6) is -2.07. The van der Waals surface area contributed by atoms with Crippen LogP contribution in [-0.4, -0.2) is 28.9 Å². The molecule has 0 atom stereocenters. The van der Waals surface area contributed by atoms with Gasteiger partial charge in [0.1, 0.15) is 17.9 Å². The van der Waals surface area contributed by atoms with Crippen LogP contribution in [0.25, 0.3) is 6.08 Å². The SMILES string of the molecule is Cc1c(Cl)cccc1N1C(=O)NC(=O)/C(=C\c2ccc(OCc3ccc(C(=O)O)cc3)c(Br)c2)C1=O. The number of amides is 4. The summed E-state index contributed by atoms with van der Waals surface area (Å²) in [6.45, 7) is 1.88. The number of halogens is 2. The molecule has 0 unspecified atom stereocenters. The van der Waals surface area contributed by atoms with E-state index < -0.39 is 23.8 Å². The highest BCUT2D eigenvalue weighted by Crippen LogP contribution is 2.31. The van der Waals surface area contributed by atoms with Crippen LogP contribution in [0.3, 0.4) is 0 Å². The van der Waals surface area contributed by atoms with Crippen LogP contribution >= 0.6 is 27.5 Å². The van der Waals surface area contributed by atoms with Crippen molar-refractivity contribution in [1.82, 2.24) is 5.32 Å². The van der Waals surface area contributed by atoms with Crippen molar-refractivity contribution in [2.75, 3.05) is 4.90 Å². The number of carboxylic acids is 1. The lowest BCUT2D eigenvalue weighted by atomic mass is 10.1. The van der Waals surface area contributed by atoms with Gasteiger partial charge in [0, 0.05) is 5.02 Å². The van der Waals surface area contributed by atoms with Gasteiger partial charge in [-0.05, 0) is 82.0 Å². The first kappa shape index (κ1) is 25.2. The predicted molar refractivity (Wildman–Crippen MR) is 137 cm³/mol. The van der Waals surface area contributed by atoms with E-state index in [1.165, 1.54) is 18.2 Å². The minimum Gasteiger partial charge on any atom is -0.488 e. The number of anilines is 1. The molecule has 0 bridgehead atoms. The number of benzene rings is 3. The topological polar surface area (TPSA) is 113 Å². The Morgan fingerprint density at radius 2 is 1.83 bits per heavy atom. The largest absolute Gasteiger partial charge is 0.488 e. The molecule has 2 N–H and O–H groups in total. The number of barbiturate groups is 1. The fourth-order valence-corrected chi connectivity index (χ4v) is 4.19. The van der Waals surface area contributed by atoms with Crippen molar-refractivity contribution in [2.24, 2.45) is 0 Å². The average molecular weight is 570 g/mol. The van der Waals surface area contributed by atoms with Crippen molar-refractivity contribution in [3.63, 3.8) is 0 Å². The van der Waals surface area contributed by atoms with Gasteiger partial charge >= 0.3 is 12.0 Å². The highest BCUT2D eigenvalue weighted by molar-refractivity contribution is 9.10. The van der Waals surface area contributed by atoms with Crippen molar-refractivity contribution >= 4 is 63.1 Å². The fraction of sp³-hybridized carbons (Fsp3) is 0.0769. The molecular weight excluding hydrogens is 552 g/mol. The number of ether oxygens (including phenoxy) is 1. The van der Waals surface area contributed by atoms with Crippen LogP contribution in [0.5, 0.6) is 5.75 Å². The van der Waals surface area contributed by atoms with Gasteiger partial charge in [-0.1, -0.05) is 35.9 Å². The number of urea groups is 1. The third-order valence-electron chi connectivity index (χ3n) is 5.44. The van der Waals surface area contributed by atoms with E-state index in [0.29, 0.717) is 26.4 Å². The number of hydrogen-bond donors (Lipinski definition) is 2. The van der Waals surface area contributed by atoms with E-state index in [1.807, 2.05) is 0 Å². The summed E-state index contributed by atoms with van der Waals surface area (Å²) in [6.07, 6.45) is 1.39. The second-order valence-corrected chi connectivity index (χ2v) is 9.08. The molecule has 1 saturated heterocycles. The summed E-state index contributed by atoms with van der Waals surface area (Å²) in [4.78, 5) is 50.0. The third kappa shape index (κ3) is 5.17. The first-order chi connectivity index (χ1) is 17.2. The smallest absolute Gasteiger partial charge is 0.335 e. The summed E-state index contributed by atoms with van der Waals surface area (Å²) in [5.41, 5.74) is 2.08. The lowest BCUT2D eigenvalue weighted by Gasteiger charge is -2.27. The Morgan fingerprint density at radius 1 is 1.11 bits per heavy atom. The molecule has 0 aromatic heterocycles. The molecule has 3 aromatic carbocycles. The Hall–Kier alpha value is -3.95. The highest BCUT2D eigenvalue weighted by Gasteiger charge is 2.37. The van der Waals surface area contributed by atoms with Gasteiger partial charge in [-0.25, -0.2) is 14.5 Å². The van der Waals surface area contributed by atoms with Gasteiger partial charge in [-0.2, -0.15) is 0 Å². The molecule has 0 radical (unpaired) electrons. The van der Waals surface area contributed by atoms with Gasteiger partial charge in [0.15, 0.2) is 0 Å². The molecular formula is C26H18BrClN2O6. The molecule has 36 heavy (non-hydrogen) atoms. The number of nitrogens with zero attached hydrogens (tertiary/aromatic N) is 1. The summed E-state index contributed by atoms with van der Waals surface area (Å²) in [7, 11) is 0. The maximum absolute atomic E-state index is 13.2. The molecule has 1 aliphatic rings. The third-order valence-corrected chi connectivity index (χ3v) is 6.47. The monoisotopic (exact) mass is 568 g/mol. The second kappa shape index (κ2) is 10.3. The Balaban J connectivity index is 1.55. The lowest BCUT2D eigenvalue weighted by Crippen LogP contribution is -2.54. The van der Waals surface area contributed by atoms with Gasteiger partial charge < -0.3 is 9.84 Å². The van der Waals surface area contributed by atoms with Crippen LogP contribution in [0.4, 0.5) is 10.5 Å². The molecule has 1 aliphatic heterocycles. The quantitative estimate of drug-likeness (QED) is 0.305. The van der Waals surface area contributed by atoms with E-state index in [4.69, 9.17) is 21.4 Å². The zero-order valence-corrected chi connectivity index (χ0v) is 21.1. The van der Waals surface area contributed by atoms with Crippen molar-refractivity contribution in [1.29, 1.82) is 0 Å². The Kier molecular flexibility index (Phi) is 7.23. The molecule has 8 nitrogen and oxygen atoms in total. The molecule has 3 aromatic rings. The Bertz CT molecular complexity index is 1430. The molecule has 0 aliphatic carbocycles. The van der Waals surface area contributed by atoms with Crippen molar-refractivity contribution in [2.45, 2.75) is 13.5 Å². The molecule has 0 spiro atoms. The molecule has 182 valence electrons. The van der Waals surface area contributed by atoms with E-state index >= 15 is 0 Å². The maximum Gasteiger partial charge on any atom is 0.335 e. The first-order valence-electron chi connectivity index (χ1n) is 10.6. The minimum atomic E-state index is -1.00. The molecule has 0 saturated carbocycles. The number of nitrogens with one attached hydrogen (secondary N) is 1. The number of carbonyl (C=O) groups is 4. The number of rotatable bonds is 6.